The van der Waals surface area contributed by atoms with E-state index in [1.54, 1.807) is 16.8 Å². The lowest BCUT2D eigenvalue weighted by molar-refractivity contribution is 0.0697. The number of aromatic nitrogens is 2. The van der Waals surface area contributed by atoms with Crippen molar-refractivity contribution in [3.8, 4) is 11.1 Å². The Morgan fingerprint density at radius 1 is 1.37 bits per heavy atom. The zero-order chi connectivity index (χ0) is 14.2. The Kier molecular flexibility index (Phi) is 3.62. The fourth-order valence-corrected chi connectivity index (χ4v) is 2.29. The number of nitrogens with zero attached hydrogens (tertiary/aromatic N) is 2. The Labute approximate surface area is 116 Å². The van der Waals surface area contributed by atoms with Gasteiger partial charge in [0.05, 0.1) is 11.3 Å². The van der Waals surface area contributed by atoms with Crippen molar-refractivity contribution in [2.75, 3.05) is 0 Å². The molecule has 0 spiro atoms. The predicted octanol–water partition coefficient (Wildman–Crippen LogP) is 3.56. The van der Waals surface area contributed by atoms with E-state index >= 15 is 0 Å². The Bertz CT molecular complexity index is 632. The number of hydrogen-bond donors (Lipinski definition) is 1. The molecule has 2 aromatic rings. The SMILES string of the molecule is CC(C)c1nn(C)cc1-c1ccc(C(=O)O)cc1Cl. The summed E-state index contributed by atoms with van der Waals surface area (Å²) in [6.07, 6.45) is 1.90. The summed E-state index contributed by atoms with van der Waals surface area (Å²) >= 11 is 6.19. The molecule has 19 heavy (non-hydrogen) atoms. The second-order valence-electron chi connectivity index (χ2n) is 4.76. The maximum atomic E-state index is 10.9. The molecule has 1 aromatic heterocycles. The van der Waals surface area contributed by atoms with E-state index in [2.05, 4.69) is 18.9 Å². The van der Waals surface area contributed by atoms with Gasteiger partial charge in [0.15, 0.2) is 0 Å². The minimum Gasteiger partial charge on any atom is -0.478 e. The minimum absolute atomic E-state index is 0.184. The van der Waals surface area contributed by atoms with Gasteiger partial charge in [-0.2, -0.15) is 5.10 Å². The molecular formula is C14H15ClN2O2. The molecule has 0 aliphatic heterocycles. The van der Waals surface area contributed by atoms with Crippen molar-refractivity contribution < 1.29 is 9.90 Å². The number of halogens is 1. The monoisotopic (exact) mass is 278 g/mol. The van der Waals surface area contributed by atoms with Crippen LogP contribution in [0.1, 0.15) is 35.8 Å². The zero-order valence-corrected chi connectivity index (χ0v) is 11.8. The maximum absolute atomic E-state index is 10.9. The Balaban J connectivity index is 2.56. The summed E-state index contributed by atoms with van der Waals surface area (Å²) in [7, 11) is 1.86. The summed E-state index contributed by atoms with van der Waals surface area (Å²) in [6.45, 7) is 4.12. The normalized spacial score (nSPS) is 11.0. The Morgan fingerprint density at radius 3 is 2.58 bits per heavy atom. The quantitative estimate of drug-likeness (QED) is 0.934. The van der Waals surface area contributed by atoms with E-state index in [4.69, 9.17) is 16.7 Å². The highest BCUT2D eigenvalue weighted by atomic mass is 35.5. The van der Waals surface area contributed by atoms with Gasteiger partial charge in [-0.3, -0.25) is 4.68 Å². The van der Waals surface area contributed by atoms with Crippen molar-refractivity contribution >= 4 is 17.6 Å². The van der Waals surface area contributed by atoms with Gasteiger partial charge in [0.1, 0.15) is 0 Å². The maximum Gasteiger partial charge on any atom is 0.335 e. The molecule has 5 heteroatoms. The molecule has 0 unspecified atom stereocenters. The number of carboxylic acid groups (broad SMARTS) is 1. The highest BCUT2D eigenvalue weighted by molar-refractivity contribution is 6.33. The van der Waals surface area contributed by atoms with Gasteiger partial charge in [-0.15, -0.1) is 0 Å². The van der Waals surface area contributed by atoms with E-state index < -0.39 is 5.97 Å². The average Bonchev–Trinajstić information content (AvgIpc) is 2.71. The molecule has 0 radical (unpaired) electrons. The van der Waals surface area contributed by atoms with Crippen LogP contribution in [-0.2, 0) is 7.05 Å². The van der Waals surface area contributed by atoms with E-state index in [-0.39, 0.29) is 11.5 Å². The Morgan fingerprint density at radius 2 is 2.05 bits per heavy atom. The summed E-state index contributed by atoms with van der Waals surface area (Å²) in [5.74, 6) is -0.713. The second kappa shape index (κ2) is 5.05. The molecule has 0 amide bonds. The second-order valence-corrected chi connectivity index (χ2v) is 5.16. The van der Waals surface area contributed by atoms with Crippen LogP contribution in [-0.4, -0.2) is 20.9 Å². The third-order valence-corrected chi connectivity index (χ3v) is 3.22. The van der Waals surface area contributed by atoms with Crippen molar-refractivity contribution in [2.45, 2.75) is 19.8 Å². The molecular weight excluding hydrogens is 264 g/mol. The molecule has 0 saturated heterocycles. The molecule has 0 fully saturated rings. The first-order valence-corrected chi connectivity index (χ1v) is 6.34. The van der Waals surface area contributed by atoms with Crippen molar-refractivity contribution in [3.05, 3.63) is 40.7 Å². The topological polar surface area (TPSA) is 55.1 Å². The van der Waals surface area contributed by atoms with E-state index in [1.807, 2.05) is 13.2 Å². The number of carbonyl (C=O) groups is 1. The van der Waals surface area contributed by atoms with Crippen LogP contribution in [0.5, 0.6) is 0 Å². The van der Waals surface area contributed by atoms with E-state index in [0.717, 1.165) is 16.8 Å². The zero-order valence-electron chi connectivity index (χ0n) is 11.0. The summed E-state index contributed by atoms with van der Waals surface area (Å²) in [4.78, 5) is 10.9. The number of carboxylic acids is 1. The first-order valence-electron chi connectivity index (χ1n) is 5.97. The highest BCUT2D eigenvalue weighted by Crippen LogP contribution is 2.33. The summed E-state index contributed by atoms with van der Waals surface area (Å²) in [5.41, 5.74) is 2.89. The van der Waals surface area contributed by atoms with Crippen LogP contribution in [0.15, 0.2) is 24.4 Å². The standard InChI is InChI=1S/C14H15ClN2O2/c1-8(2)13-11(7-17(3)16-13)10-5-4-9(14(18)19)6-12(10)15/h4-8H,1-3H3,(H,18,19). The molecule has 0 bridgehead atoms. The van der Waals surface area contributed by atoms with Gasteiger partial charge in [-0.25, -0.2) is 4.79 Å². The predicted molar refractivity (Wildman–Crippen MR) is 74.7 cm³/mol. The first kappa shape index (κ1) is 13.6. The molecule has 0 aliphatic rings. The molecule has 1 heterocycles. The number of aryl methyl sites for hydroxylation is 1. The average molecular weight is 279 g/mol. The van der Waals surface area contributed by atoms with Crippen LogP contribution in [0.3, 0.4) is 0 Å². The Hall–Kier alpha value is -1.81. The fourth-order valence-electron chi connectivity index (χ4n) is 2.01. The van der Waals surface area contributed by atoms with Gasteiger partial charge >= 0.3 is 5.97 Å². The number of rotatable bonds is 3. The molecule has 2 rings (SSSR count). The summed E-state index contributed by atoms with van der Waals surface area (Å²) < 4.78 is 1.74. The van der Waals surface area contributed by atoms with Crippen LogP contribution >= 0.6 is 11.6 Å². The van der Waals surface area contributed by atoms with Gasteiger partial charge in [0.2, 0.25) is 0 Å². The van der Waals surface area contributed by atoms with Crippen LogP contribution in [0, 0.1) is 0 Å². The number of benzene rings is 1. The van der Waals surface area contributed by atoms with Crippen molar-refractivity contribution in [3.63, 3.8) is 0 Å². The van der Waals surface area contributed by atoms with Crippen LogP contribution in [0.25, 0.3) is 11.1 Å². The van der Waals surface area contributed by atoms with Crippen LogP contribution in [0.4, 0.5) is 0 Å². The molecule has 0 saturated carbocycles. The lowest BCUT2D eigenvalue weighted by atomic mass is 9.99. The van der Waals surface area contributed by atoms with Crippen LogP contribution in [0.2, 0.25) is 5.02 Å². The van der Waals surface area contributed by atoms with Gasteiger partial charge in [-0.1, -0.05) is 31.5 Å². The molecule has 100 valence electrons. The van der Waals surface area contributed by atoms with Crippen molar-refractivity contribution in [2.24, 2.45) is 7.05 Å². The molecule has 1 N–H and O–H groups in total. The van der Waals surface area contributed by atoms with Crippen molar-refractivity contribution in [1.82, 2.24) is 9.78 Å². The molecule has 1 aromatic carbocycles. The van der Waals surface area contributed by atoms with Gasteiger partial charge in [0.25, 0.3) is 0 Å². The van der Waals surface area contributed by atoms with Gasteiger partial charge < -0.3 is 5.11 Å². The molecule has 0 atom stereocenters. The highest BCUT2D eigenvalue weighted by Gasteiger charge is 2.16. The molecule has 4 nitrogen and oxygen atoms in total. The first-order chi connectivity index (χ1) is 8.90. The van der Waals surface area contributed by atoms with Gasteiger partial charge in [0, 0.05) is 29.4 Å². The lowest BCUT2D eigenvalue weighted by Crippen LogP contribution is -1.97. The smallest absolute Gasteiger partial charge is 0.335 e. The van der Waals surface area contributed by atoms with E-state index in [0.29, 0.717) is 5.02 Å². The largest absolute Gasteiger partial charge is 0.478 e. The van der Waals surface area contributed by atoms with Gasteiger partial charge in [-0.05, 0) is 18.1 Å². The fraction of sp³-hybridized carbons (Fsp3) is 0.286. The minimum atomic E-state index is -0.983. The number of hydrogen-bond acceptors (Lipinski definition) is 2. The van der Waals surface area contributed by atoms with E-state index in [9.17, 15) is 4.79 Å². The van der Waals surface area contributed by atoms with E-state index in [1.165, 1.54) is 6.07 Å². The van der Waals surface area contributed by atoms with Crippen molar-refractivity contribution in [1.29, 1.82) is 0 Å². The van der Waals surface area contributed by atoms with Crippen LogP contribution < -0.4 is 0 Å². The third-order valence-electron chi connectivity index (χ3n) is 2.91. The lowest BCUT2D eigenvalue weighted by Gasteiger charge is -2.07. The summed E-state index contributed by atoms with van der Waals surface area (Å²) in [5, 5.41) is 13.8. The molecule has 0 aliphatic carbocycles. The summed E-state index contributed by atoms with van der Waals surface area (Å²) in [6, 6.07) is 4.76. The number of aromatic carboxylic acids is 1. The third kappa shape index (κ3) is 2.63.